The van der Waals surface area contributed by atoms with Crippen molar-refractivity contribution in [3.8, 4) is 0 Å². The molecule has 1 fully saturated rings. The first-order valence-corrected chi connectivity index (χ1v) is 9.17. The van der Waals surface area contributed by atoms with Crippen LogP contribution >= 0.6 is 11.3 Å². The Morgan fingerprint density at radius 3 is 2.67 bits per heavy atom. The highest BCUT2D eigenvalue weighted by atomic mass is 32.1. The Labute approximate surface area is 134 Å². The molecule has 0 saturated carbocycles. The van der Waals surface area contributed by atoms with Crippen molar-refractivity contribution in [1.29, 1.82) is 0 Å². The van der Waals surface area contributed by atoms with Gasteiger partial charge in [0, 0.05) is 28.9 Å². The third-order valence-electron chi connectivity index (χ3n) is 4.67. The quantitative estimate of drug-likeness (QED) is 0.835. The largest absolute Gasteiger partial charge is 0.312 e. The Morgan fingerprint density at radius 2 is 2.05 bits per heavy atom. The van der Waals surface area contributed by atoms with E-state index in [2.05, 4.69) is 49.0 Å². The third-order valence-corrected chi connectivity index (χ3v) is 5.76. The molecule has 120 valence electrons. The summed E-state index contributed by atoms with van der Waals surface area (Å²) >= 11 is 1.95. The normalized spacial score (nSPS) is 17.8. The molecule has 2 rings (SSSR count). The first kappa shape index (κ1) is 16.9. The summed E-state index contributed by atoms with van der Waals surface area (Å²) in [4.78, 5) is 8.09. The summed E-state index contributed by atoms with van der Waals surface area (Å²) in [6, 6.07) is 3.16. The predicted molar refractivity (Wildman–Crippen MR) is 93.0 cm³/mol. The summed E-state index contributed by atoms with van der Waals surface area (Å²) < 4.78 is 0. The Hall–Kier alpha value is -0.420. The van der Waals surface area contributed by atoms with Gasteiger partial charge in [-0.2, -0.15) is 0 Å². The van der Waals surface area contributed by atoms with Crippen LogP contribution in [-0.4, -0.2) is 49.1 Å². The van der Waals surface area contributed by atoms with Crippen LogP contribution in [0.2, 0.25) is 0 Å². The van der Waals surface area contributed by atoms with Crippen LogP contribution in [0.4, 0.5) is 0 Å². The lowest BCUT2D eigenvalue weighted by Crippen LogP contribution is -2.42. The summed E-state index contributed by atoms with van der Waals surface area (Å²) in [7, 11) is 2.30. The average Bonchev–Trinajstić information content (AvgIpc) is 2.85. The van der Waals surface area contributed by atoms with Crippen LogP contribution in [0.3, 0.4) is 0 Å². The van der Waals surface area contributed by atoms with Gasteiger partial charge >= 0.3 is 0 Å². The number of aryl methyl sites for hydroxylation is 1. The van der Waals surface area contributed by atoms with Crippen LogP contribution in [0.15, 0.2) is 6.07 Å². The summed E-state index contributed by atoms with van der Waals surface area (Å²) in [6.45, 7) is 13.6. The molecule has 1 aromatic heterocycles. The van der Waals surface area contributed by atoms with Crippen LogP contribution in [0.25, 0.3) is 0 Å². The molecule has 1 aliphatic heterocycles. The summed E-state index contributed by atoms with van der Waals surface area (Å²) in [6.07, 6.45) is 2.63. The van der Waals surface area contributed by atoms with Crippen molar-refractivity contribution < 1.29 is 0 Å². The number of hydrogen-bond donors (Lipinski definition) is 1. The van der Waals surface area contributed by atoms with E-state index in [1.54, 1.807) is 0 Å². The summed E-state index contributed by atoms with van der Waals surface area (Å²) in [5, 5.41) is 3.42. The van der Waals surface area contributed by atoms with Gasteiger partial charge in [-0.1, -0.05) is 13.8 Å². The van der Waals surface area contributed by atoms with Gasteiger partial charge < -0.3 is 10.2 Å². The maximum absolute atomic E-state index is 3.42. The lowest BCUT2D eigenvalue weighted by molar-refractivity contribution is 0.127. The molecular weight excluding hydrogens is 278 g/mol. The molecule has 21 heavy (non-hydrogen) atoms. The van der Waals surface area contributed by atoms with E-state index >= 15 is 0 Å². The zero-order chi connectivity index (χ0) is 15.2. The van der Waals surface area contributed by atoms with Crippen LogP contribution < -0.4 is 5.32 Å². The molecule has 0 atom stereocenters. The number of hydrogen-bond acceptors (Lipinski definition) is 4. The number of nitrogens with one attached hydrogen (secondary N) is 1. The lowest BCUT2D eigenvalue weighted by atomic mass is 10.0. The van der Waals surface area contributed by atoms with Gasteiger partial charge in [-0.15, -0.1) is 11.3 Å². The van der Waals surface area contributed by atoms with Crippen molar-refractivity contribution in [3.63, 3.8) is 0 Å². The minimum Gasteiger partial charge on any atom is -0.312 e. The van der Waals surface area contributed by atoms with Crippen molar-refractivity contribution in [2.45, 2.75) is 52.7 Å². The van der Waals surface area contributed by atoms with Crippen molar-refractivity contribution in [1.82, 2.24) is 15.1 Å². The van der Waals surface area contributed by atoms with Crippen molar-refractivity contribution in [2.75, 3.05) is 33.2 Å². The van der Waals surface area contributed by atoms with Gasteiger partial charge in [-0.3, -0.25) is 4.90 Å². The average molecular weight is 310 g/mol. The molecule has 0 aliphatic carbocycles. The van der Waals surface area contributed by atoms with Gasteiger partial charge in [0.1, 0.15) is 0 Å². The Morgan fingerprint density at radius 1 is 1.33 bits per heavy atom. The minimum atomic E-state index is 0.754. The smallest absolute Gasteiger partial charge is 0.0299 e. The van der Waals surface area contributed by atoms with E-state index in [1.807, 2.05) is 11.3 Å². The van der Waals surface area contributed by atoms with Crippen LogP contribution in [-0.2, 0) is 13.1 Å². The molecule has 0 unspecified atom stereocenters. The fraction of sp³-hybridized carbons (Fsp3) is 0.765. The molecule has 2 heterocycles. The van der Waals surface area contributed by atoms with Crippen molar-refractivity contribution in [2.24, 2.45) is 0 Å². The SMILES string of the molecule is CCNCc1cc(CN(C)C2CCN(CC)CC2)c(C)s1. The number of likely N-dealkylation sites (tertiary alicyclic amines) is 1. The van der Waals surface area contributed by atoms with E-state index < -0.39 is 0 Å². The second kappa shape index (κ2) is 8.28. The standard InChI is InChI=1S/C17H31N3S/c1-5-18-12-17-11-15(14(3)21-17)13-19(4)16-7-9-20(6-2)10-8-16/h11,16,18H,5-10,12-13H2,1-4H3. The zero-order valence-electron chi connectivity index (χ0n) is 14.1. The van der Waals surface area contributed by atoms with Gasteiger partial charge in [-0.05, 0) is 64.6 Å². The summed E-state index contributed by atoms with van der Waals surface area (Å²) in [5.41, 5.74) is 1.52. The van der Waals surface area contributed by atoms with E-state index in [1.165, 1.54) is 47.8 Å². The Balaban J connectivity index is 1.87. The molecule has 0 amide bonds. The second-order valence-corrected chi connectivity index (χ2v) is 7.50. The molecule has 0 bridgehead atoms. The maximum Gasteiger partial charge on any atom is 0.0299 e. The molecule has 0 aromatic carbocycles. The molecular formula is C17H31N3S. The van der Waals surface area contributed by atoms with Crippen molar-refractivity contribution in [3.05, 3.63) is 21.4 Å². The van der Waals surface area contributed by atoms with Crippen LogP contribution in [0.1, 0.15) is 42.0 Å². The molecule has 1 saturated heterocycles. The van der Waals surface area contributed by atoms with E-state index in [-0.39, 0.29) is 0 Å². The summed E-state index contributed by atoms with van der Waals surface area (Å²) in [5.74, 6) is 0. The number of nitrogens with zero attached hydrogens (tertiary/aromatic N) is 2. The van der Waals surface area contributed by atoms with Gasteiger partial charge in [0.25, 0.3) is 0 Å². The third kappa shape index (κ3) is 4.78. The van der Waals surface area contributed by atoms with E-state index in [4.69, 9.17) is 0 Å². The monoisotopic (exact) mass is 309 g/mol. The molecule has 4 heteroatoms. The number of piperidine rings is 1. The molecule has 3 nitrogen and oxygen atoms in total. The first-order valence-electron chi connectivity index (χ1n) is 8.35. The fourth-order valence-corrected chi connectivity index (χ4v) is 4.18. The predicted octanol–water partition coefficient (Wildman–Crippen LogP) is 3.08. The topological polar surface area (TPSA) is 18.5 Å². The zero-order valence-corrected chi connectivity index (χ0v) is 14.9. The van der Waals surface area contributed by atoms with Crippen molar-refractivity contribution >= 4 is 11.3 Å². The molecule has 1 N–H and O–H groups in total. The number of rotatable bonds is 7. The van der Waals surface area contributed by atoms with Crippen LogP contribution in [0, 0.1) is 6.92 Å². The van der Waals surface area contributed by atoms with Gasteiger partial charge in [0.05, 0.1) is 0 Å². The first-order chi connectivity index (χ1) is 10.1. The van der Waals surface area contributed by atoms with E-state index in [0.717, 1.165) is 25.7 Å². The molecule has 0 spiro atoms. The maximum atomic E-state index is 3.42. The molecule has 1 aliphatic rings. The molecule has 1 aromatic rings. The highest BCUT2D eigenvalue weighted by molar-refractivity contribution is 7.12. The van der Waals surface area contributed by atoms with Gasteiger partial charge in [0.2, 0.25) is 0 Å². The van der Waals surface area contributed by atoms with E-state index in [0.29, 0.717) is 0 Å². The lowest BCUT2D eigenvalue weighted by Gasteiger charge is -2.36. The van der Waals surface area contributed by atoms with Gasteiger partial charge in [0.15, 0.2) is 0 Å². The Bertz CT molecular complexity index is 422. The number of thiophene rings is 1. The second-order valence-electron chi connectivity index (χ2n) is 6.16. The Kier molecular flexibility index (Phi) is 6.68. The molecule has 0 radical (unpaired) electrons. The van der Waals surface area contributed by atoms with E-state index in [9.17, 15) is 0 Å². The van der Waals surface area contributed by atoms with Gasteiger partial charge in [-0.25, -0.2) is 0 Å². The highest BCUT2D eigenvalue weighted by Crippen LogP contribution is 2.24. The highest BCUT2D eigenvalue weighted by Gasteiger charge is 2.22. The van der Waals surface area contributed by atoms with Crippen LogP contribution in [0.5, 0.6) is 0 Å². The minimum absolute atomic E-state index is 0.754. The fourth-order valence-electron chi connectivity index (χ4n) is 3.15.